The number of piperazine rings is 1. The van der Waals surface area contributed by atoms with E-state index in [2.05, 4.69) is 21.2 Å². The van der Waals surface area contributed by atoms with Crippen molar-refractivity contribution in [1.82, 2.24) is 10.2 Å². The SMILES string of the molecule is CC1C(=O)NCCN1C(=O)C=Cc1ccc(Br)s1. The minimum Gasteiger partial charge on any atom is -0.353 e. The normalized spacial score (nSPS) is 20.2. The zero-order valence-electron chi connectivity index (χ0n) is 9.85. The van der Waals surface area contributed by atoms with Gasteiger partial charge in [-0.05, 0) is 41.1 Å². The third-order valence-corrected chi connectivity index (χ3v) is 4.36. The largest absolute Gasteiger partial charge is 0.353 e. The second-order valence-electron chi connectivity index (χ2n) is 3.97. The highest BCUT2D eigenvalue weighted by Gasteiger charge is 2.27. The Kier molecular flexibility index (Phi) is 4.19. The smallest absolute Gasteiger partial charge is 0.247 e. The summed E-state index contributed by atoms with van der Waals surface area (Å²) in [4.78, 5) is 26.0. The summed E-state index contributed by atoms with van der Waals surface area (Å²) in [5.74, 6) is -0.219. The van der Waals surface area contributed by atoms with Gasteiger partial charge >= 0.3 is 0 Å². The van der Waals surface area contributed by atoms with Crippen LogP contribution in [0.15, 0.2) is 22.0 Å². The zero-order valence-corrected chi connectivity index (χ0v) is 12.3. The van der Waals surface area contributed by atoms with E-state index in [1.165, 1.54) is 6.08 Å². The highest BCUT2D eigenvalue weighted by molar-refractivity contribution is 9.11. The number of carbonyl (C=O) groups excluding carboxylic acids is 2. The van der Waals surface area contributed by atoms with Crippen molar-refractivity contribution < 1.29 is 9.59 Å². The molecule has 2 heterocycles. The third kappa shape index (κ3) is 3.00. The van der Waals surface area contributed by atoms with Gasteiger partial charge in [-0.2, -0.15) is 0 Å². The molecule has 1 fully saturated rings. The topological polar surface area (TPSA) is 49.4 Å². The van der Waals surface area contributed by atoms with Crippen molar-refractivity contribution in [3.63, 3.8) is 0 Å². The number of hydrogen-bond donors (Lipinski definition) is 1. The van der Waals surface area contributed by atoms with Crippen LogP contribution >= 0.6 is 27.3 Å². The summed E-state index contributed by atoms with van der Waals surface area (Å²) in [6.07, 6.45) is 3.30. The van der Waals surface area contributed by atoms with Crippen LogP contribution in [0.25, 0.3) is 6.08 Å². The lowest BCUT2D eigenvalue weighted by Crippen LogP contribution is -2.55. The van der Waals surface area contributed by atoms with Crippen molar-refractivity contribution in [3.8, 4) is 0 Å². The third-order valence-electron chi connectivity index (χ3n) is 2.77. The summed E-state index contributed by atoms with van der Waals surface area (Å²) in [5.41, 5.74) is 0. The number of nitrogens with zero attached hydrogens (tertiary/aromatic N) is 1. The van der Waals surface area contributed by atoms with Gasteiger partial charge in [0.05, 0.1) is 3.79 Å². The van der Waals surface area contributed by atoms with Crippen LogP contribution < -0.4 is 5.32 Å². The van der Waals surface area contributed by atoms with Gasteiger partial charge in [-0.25, -0.2) is 0 Å². The quantitative estimate of drug-likeness (QED) is 0.842. The van der Waals surface area contributed by atoms with E-state index in [1.807, 2.05) is 12.1 Å². The Morgan fingerprint density at radius 2 is 2.39 bits per heavy atom. The molecule has 0 spiro atoms. The first-order chi connectivity index (χ1) is 8.58. The van der Waals surface area contributed by atoms with Crippen LogP contribution in [-0.4, -0.2) is 35.8 Å². The number of carbonyl (C=O) groups is 2. The van der Waals surface area contributed by atoms with Crippen LogP contribution in [-0.2, 0) is 9.59 Å². The monoisotopic (exact) mass is 328 g/mol. The zero-order chi connectivity index (χ0) is 13.1. The molecular weight excluding hydrogens is 316 g/mol. The Hall–Kier alpha value is -1.14. The van der Waals surface area contributed by atoms with E-state index in [-0.39, 0.29) is 11.8 Å². The lowest BCUT2D eigenvalue weighted by Gasteiger charge is -2.31. The fourth-order valence-corrected chi connectivity index (χ4v) is 3.08. The molecule has 4 nitrogen and oxygen atoms in total. The van der Waals surface area contributed by atoms with Gasteiger partial charge in [0.15, 0.2) is 0 Å². The van der Waals surface area contributed by atoms with Crippen molar-refractivity contribution in [2.45, 2.75) is 13.0 Å². The average molecular weight is 329 g/mol. The molecule has 2 amide bonds. The van der Waals surface area contributed by atoms with E-state index in [4.69, 9.17) is 0 Å². The molecule has 1 aromatic heterocycles. The molecule has 0 aliphatic carbocycles. The minimum atomic E-state index is -0.397. The van der Waals surface area contributed by atoms with Gasteiger partial charge < -0.3 is 10.2 Å². The van der Waals surface area contributed by atoms with Crippen LogP contribution in [0.4, 0.5) is 0 Å². The first kappa shape index (κ1) is 13.3. The van der Waals surface area contributed by atoms with Crippen molar-refractivity contribution in [3.05, 3.63) is 26.9 Å². The summed E-state index contributed by atoms with van der Waals surface area (Å²) in [6, 6.07) is 3.47. The van der Waals surface area contributed by atoms with Crippen molar-refractivity contribution in [2.24, 2.45) is 0 Å². The molecule has 0 aromatic carbocycles. The molecule has 1 saturated heterocycles. The Labute approximate surface area is 118 Å². The van der Waals surface area contributed by atoms with E-state index >= 15 is 0 Å². The molecule has 6 heteroatoms. The molecule has 96 valence electrons. The molecule has 1 unspecified atom stereocenters. The number of amides is 2. The second kappa shape index (κ2) is 5.67. The van der Waals surface area contributed by atoms with E-state index in [0.29, 0.717) is 13.1 Å². The highest BCUT2D eigenvalue weighted by atomic mass is 79.9. The van der Waals surface area contributed by atoms with Crippen LogP contribution in [0, 0.1) is 0 Å². The van der Waals surface area contributed by atoms with Crippen molar-refractivity contribution >= 4 is 45.2 Å². The molecule has 0 radical (unpaired) electrons. The summed E-state index contributed by atoms with van der Waals surface area (Å²) >= 11 is 4.93. The van der Waals surface area contributed by atoms with Crippen LogP contribution in [0.1, 0.15) is 11.8 Å². The van der Waals surface area contributed by atoms with Gasteiger partial charge in [0, 0.05) is 24.0 Å². The van der Waals surface area contributed by atoms with Crippen LogP contribution in [0.3, 0.4) is 0 Å². The number of thiophene rings is 1. The standard InChI is InChI=1S/C12H13BrN2O2S/c1-8-12(17)14-6-7-15(8)11(16)5-3-9-2-4-10(13)18-9/h2-5,8H,6-7H2,1H3,(H,14,17). The average Bonchev–Trinajstić information content (AvgIpc) is 2.76. The Morgan fingerprint density at radius 3 is 3.06 bits per heavy atom. The Morgan fingerprint density at radius 1 is 1.61 bits per heavy atom. The first-order valence-corrected chi connectivity index (χ1v) is 7.20. The van der Waals surface area contributed by atoms with E-state index in [0.717, 1.165) is 8.66 Å². The predicted octanol–water partition coefficient (Wildman–Crippen LogP) is 1.87. The molecular formula is C12H13BrN2O2S. The maximum absolute atomic E-state index is 12.0. The summed E-state index contributed by atoms with van der Waals surface area (Å²) in [5, 5.41) is 2.73. The van der Waals surface area contributed by atoms with E-state index in [1.54, 1.807) is 29.2 Å². The maximum atomic E-state index is 12.0. The molecule has 1 aliphatic rings. The summed E-state index contributed by atoms with van der Waals surface area (Å²) in [6.45, 7) is 2.82. The van der Waals surface area contributed by atoms with Crippen LogP contribution in [0.5, 0.6) is 0 Å². The van der Waals surface area contributed by atoms with Gasteiger partial charge in [-0.15, -0.1) is 11.3 Å². The molecule has 1 N–H and O–H groups in total. The fourth-order valence-electron chi connectivity index (χ4n) is 1.75. The van der Waals surface area contributed by atoms with E-state index in [9.17, 15) is 9.59 Å². The molecule has 1 aliphatic heterocycles. The fraction of sp³-hybridized carbons (Fsp3) is 0.333. The van der Waals surface area contributed by atoms with Gasteiger partial charge in [0.2, 0.25) is 11.8 Å². The van der Waals surface area contributed by atoms with Crippen molar-refractivity contribution in [1.29, 1.82) is 0 Å². The van der Waals surface area contributed by atoms with Crippen LogP contribution in [0.2, 0.25) is 0 Å². The number of rotatable bonds is 2. The van der Waals surface area contributed by atoms with E-state index < -0.39 is 6.04 Å². The van der Waals surface area contributed by atoms with Gasteiger partial charge in [-0.1, -0.05) is 0 Å². The first-order valence-electron chi connectivity index (χ1n) is 5.59. The van der Waals surface area contributed by atoms with Gasteiger partial charge in [0.25, 0.3) is 0 Å². The molecule has 18 heavy (non-hydrogen) atoms. The molecule has 0 saturated carbocycles. The lowest BCUT2D eigenvalue weighted by molar-refractivity contribution is -0.139. The lowest BCUT2D eigenvalue weighted by atomic mass is 10.2. The summed E-state index contributed by atoms with van der Waals surface area (Å²) < 4.78 is 1.03. The number of halogens is 1. The molecule has 1 aromatic rings. The number of hydrogen-bond acceptors (Lipinski definition) is 3. The van der Waals surface area contributed by atoms with Gasteiger partial charge in [0.1, 0.15) is 6.04 Å². The Bertz CT molecular complexity index is 498. The van der Waals surface area contributed by atoms with Gasteiger partial charge in [-0.3, -0.25) is 9.59 Å². The Balaban J connectivity index is 2.03. The maximum Gasteiger partial charge on any atom is 0.247 e. The highest BCUT2D eigenvalue weighted by Crippen LogP contribution is 2.23. The second-order valence-corrected chi connectivity index (χ2v) is 6.47. The minimum absolute atomic E-state index is 0.0955. The molecule has 1 atom stereocenters. The predicted molar refractivity (Wildman–Crippen MR) is 75.2 cm³/mol. The summed E-state index contributed by atoms with van der Waals surface area (Å²) in [7, 11) is 0. The van der Waals surface area contributed by atoms with Crippen molar-refractivity contribution in [2.75, 3.05) is 13.1 Å². The number of nitrogens with one attached hydrogen (secondary N) is 1. The molecule has 0 bridgehead atoms. The molecule has 2 rings (SSSR count).